The van der Waals surface area contributed by atoms with Gasteiger partial charge in [-0.25, -0.2) is 0 Å². The third-order valence-corrected chi connectivity index (χ3v) is 6.54. The molecule has 2 amide bonds. The molecule has 0 saturated carbocycles. The van der Waals surface area contributed by atoms with E-state index in [0.29, 0.717) is 15.2 Å². The summed E-state index contributed by atoms with van der Waals surface area (Å²) in [5.41, 5.74) is 1.34. The van der Waals surface area contributed by atoms with Gasteiger partial charge in [0, 0.05) is 17.8 Å². The van der Waals surface area contributed by atoms with Crippen LogP contribution in [0.5, 0.6) is 0 Å². The molecule has 3 aromatic carbocycles. The van der Waals surface area contributed by atoms with Crippen LogP contribution in [-0.4, -0.2) is 32.7 Å². The minimum atomic E-state index is -0.505. The maximum atomic E-state index is 12.5. The van der Waals surface area contributed by atoms with Crippen molar-refractivity contribution in [2.45, 2.75) is 10.8 Å². The number of carbonyl (C=O) groups is 2. The molecule has 0 aliphatic heterocycles. The Morgan fingerprint density at radius 1 is 0.939 bits per heavy atom. The van der Waals surface area contributed by atoms with E-state index in [1.807, 2.05) is 42.5 Å². The Kier molecular flexibility index (Phi) is 6.91. The molecule has 33 heavy (non-hydrogen) atoms. The second-order valence-electron chi connectivity index (χ2n) is 6.88. The first kappa shape index (κ1) is 22.4. The van der Waals surface area contributed by atoms with Gasteiger partial charge in [-0.1, -0.05) is 65.6 Å². The van der Waals surface area contributed by atoms with E-state index in [-0.39, 0.29) is 29.7 Å². The molecule has 0 bridgehead atoms. The van der Waals surface area contributed by atoms with E-state index in [2.05, 4.69) is 20.8 Å². The Morgan fingerprint density at radius 3 is 2.48 bits per heavy atom. The SMILES string of the molecule is O=C(CSc1nnc(NC(=O)Cc2cccc3ccccc23)s1)Nc1ccc([N+](=O)[O-])cc1. The lowest BCUT2D eigenvalue weighted by Crippen LogP contribution is -2.14. The van der Waals surface area contributed by atoms with Gasteiger partial charge in [-0.05, 0) is 28.5 Å². The Hall–Kier alpha value is -3.83. The predicted molar refractivity (Wildman–Crippen MR) is 129 cm³/mol. The molecule has 9 nitrogen and oxygen atoms in total. The summed E-state index contributed by atoms with van der Waals surface area (Å²) in [6.07, 6.45) is 0.209. The molecule has 4 rings (SSSR count). The molecule has 0 atom stereocenters. The van der Waals surface area contributed by atoms with Gasteiger partial charge in [-0.15, -0.1) is 10.2 Å². The molecular formula is C22H17N5O4S2. The Morgan fingerprint density at radius 2 is 1.70 bits per heavy atom. The first-order valence-corrected chi connectivity index (χ1v) is 11.6. The summed E-state index contributed by atoms with van der Waals surface area (Å²) in [7, 11) is 0. The van der Waals surface area contributed by atoms with Crippen molar-refractivity contribution < 1.29 is 14.5 Å². The number of hydrogen-bond acceptors (Lipinski definition) is 8. The summed E-state index contributed by atoms with van der Waals surface area (Å²) in [4.78, 5) is 34.8. The van der Waals surface area contributed by atoms with Crippen LogP contribution in [0.15, 0.2) is 71.1 Å². The highest BCUT2D eigenvalue weighted by Crippen LogP contribution is 2.26. The van der Waals surface area contributed by atoms with Crippen molar-refractivity contribution in [3.63, 3.8) is 0 Å². The number of thioether (sulfide) groups is 1. The molecule has 1 heterocycles. The number of benzene rings is 3. The summed E-state index contributed by atoms with van der Waals surface area (Å²) in [5.74, 6) is -0.407. The van der Waals surface area contributed by atoms with E-state index in [1.54, 1.807) is 0 Å². The number of nitrogens with zero attached hydrogens (tertiary/aromatic N) is 3. The van der Waals surface area contributed by atoms with Crippen molar-refractivity contribution in [2.24, 2.45) is 0 Å². The number of amides is 2. The second-order valence-corrected chi connectivity index (χ2v) is 9.08. The van der Waals surface area contributed by atoms with Crippen LogP contribution in [0.25, 0.3) is 10.8 Å². The molecule has 2 N–H and O–H groups in total. The maximum absolute atomic E-state index is 12.5. The van der Waals surface area contributed by atoms with Crippen molar-refractivity contribution in [3.8, 4) is 0 Å². The molecular weight excluding hydrogens is 462 g/mol. The van der Waals surface area contributed by atoms with E-state index < -0.39 is 4.92 Å². The van der Waals surface area contributed by atoms with Crippen molar-refractivity contribution in [1.82, 2.24) is 10.2 Å². The number of nitro benzene ring substituents is 1. The number of rotatable bonds is 8. The van der Waals surface area contributed by atoms with Crippen LogP contribution in [0.4, 0.5) is 16.5 Å². The van der Waals surface area contributed by atoms with Crippen LogP contribution < -0.4 is 10.6 Å². The molecule has 1 aromatic heterocycles. The normalized spacial score (nSPS) is 10.7. The molecule has 4 aromatic rings. The van der Waals surface area contributed by atoms with Gasteiger partial charge < -0.3 is 10.6 Å². The van der Waals surface area contributed by atoms with Crippen LogP contribution in [0.2, 0.25) is 0 Å². The quantitative estimate of drug-likeness (QED) is 0.165. The Bertz CT molecular complexity index is 1320. The van der Waals surface area contributed by atoms with Gasteiger partial charge in [0.05, 0.1) is 17.1 Å². The van der Waals surface area contributed by atoms with E-state index in [0.717, 1.165) is 16.3 Å². The number of fused-ring (bicyclic) bond motifs is 1. The first-order chi connectivity index (χ1) is 16.0. The van der Waals surface area contributed by atoms with E-state index in [1.165, 1.54) is 47.4 Å². The van der Waals surface area contributed by atoms with E-state index in [4.69, 9.17) is 0 Å². The zero-order valence-corrected chi connectivity index (χ0v) is 18.7. The number of carbonyl (C=O) groups excluding carboxylic acids is 2. The van der Waals surface area contributed by atoms with Gasteiger partial charge in [0.1, 0.15) is 0 Å². The molecule has 0 spiro atoms. The number of nitro groups is 1. The molecule has 0 unspecified atom stereocenters. The number of anilines is 2. The third-order valence-electron chi connectivity index (χ3n) is 4.57. The van der Waals surface area contributed by atoms with Gasteiger partial charge in [0.2, 0.25) is 16.9 Å². The first-order valence-electron chi connectivity index (χ1n) is 9.75. The highest BCUT2D eigenvalue weighted by atomic mass is 32.2. The second kappa shape index (κ2) is 10.2. The van der Waals surface area contributed by atoms with Crippen LogP contribution in [0, 0.1) is 10.1 Å². The number of nitrogens with one attached hydrogen (secondary N) is 2. The van der Waals surface area contributed by atoms with Crippen molar-refractivity contribution in [2.75, 3.05) is 16.4 Å². The predicted octanol–water partition coefficient (Wildman–Crippen LogP) is 4.51. The maximum Gasteiger partial charge on any atom is 0.269 e. The van der Waals surface area contributed by atoms with E-state index >= 15 is 0 Å². The van der Waals surface area contributed by atoms with Crippen LogP contribution in [0.3, 0.4) is 0 Å². The molecule has 0 aliphatic carbocycles. The van der Waals surface area contributed by atoms with E-state index in [9.17, 15) is 19.7 Å². The minimum Gasteiger partial charge on any atom is -0.325 e. The van der Waals surface area contributed by atoms with Crippen molar-refractivity contribution >= 4 is 62.2 Å². The largest absolute Gasteiger partial charge is 0.325 e. The van der Waals surface area contributed by atoms with Crippen LogP contribution in [0.1, 0.15) is 5.56 Å². The summed E-state index contributed by atoms with van der Waals surface area (Å²) < 4.78 is 0.536. The molecule has 0 fully saturated rings. The van der Waals surface area contributed by atoms with Crippen LogP contribution >= 0.6 is 23.1 Å². The van der Waals surface area contributed by atoms with Gasteiger partial charge in [0.25, 0.3) is 5.69 Å². The fourth-order valence-corrected chi connectivity index (χ4v) is 4.66. The fraction of sp³-hybridized carbons (Fsp3) is 0.0909. The van der Waals surface area contributed by atoms with Gasteiger partial charge in [-0.3, -0.25) is 19.7 Å². The number of non-ortho nitro benzene ring substituents is 1. The zero-order valence-electron chi connectivity index (χ0n) is 17.1. The lowest BCUT2D eigenvalue weighted by Gasteiger charge is -2.06. The van der Waals surface area contributed by atoms with Gasteiger partial charge in [-0.2, -0.15) is 0 Å². The minimum absolute atomic E-state index is 0.0498. The smallest absolute Gasteiger partial charge is 0.269 e. The molecule has 0 aliphatic rings. The standard InChI is InChI=1S/C22H17N5O4S2/c28-19(12-15-6-3-5-14-4-1-2-7-18(14)15)24-21-25-26-22(33-21)32-13-20(29)23-16-8-10-17(11-9-16)27(30)31/h1-11H,12-13H2,(H,23,29)(H,24,25,28). The van der Waals surface area contributed by atoms with Crippen LogP contribution in [-0.2, 0) is 16.0 Å². The molecule has 11 heteroatoms. The summed E-state index contributed by atoms with van der Waals surface area (Å²) in [6, 6.07) is 19.3. The van der Waals surface area contributed by atoms with Crippen molar-refractivity contribution in [1.29, 1.82) is 0 Å². The number of aromatic nitrogens is 2. The zero-order chi connectivity index (χ0) is 23.2. The highest BCUT2D eigenvalue weighted by Gasteiger charge is 2.13. The lowest BCUT2D eigenvalue weighted by molar-refractivity contribution is -0.384. The lowest BCUT2D eigenvalue weighted by atomic mass is 10.0. The van der Waals surface area contributed by atoms with Gasteiger partial charge >= 0.3 is 0 Å². The molecule has 0 saturated heterocycles. The summed E-state index contributed by atoms with van der Waals surface area (Å²) in [5, 5.41) is 26.5. The Balaban J connectivity index is 1.28. The van der Waals surface area contributed by atoms with Crippen molar-refractivity contribution in [3.05, 3.63) is 82.4 Å². The average Bonchev–Trinajstić information content (AvgIpc) is 3.25. The average molecular weight is 480 g/mol. The Labute approximate surface area is 196 Å². The molecule has 166 valence electrons. The van der Waals surface area contributed by atoms with Gasteiger partial charge in [0.15, 0.2) is 4.34 Å². The summed E-state index contributed by atoms with van der Waals surface area (Å²) in [6.45, 7) is 0. The monoisotopic (exact) mass is 479 g/mol. The highest BCUT2D eigenvalue weighted by molar-refractivity contribution is 8.01. The fourth-order valence-electron chi connectivity index (χ4n) is 3.09. The topological polar surface area (TPSA) is 127 Å². The number of hydrogen-bond donors (Lipinski definition) is 2. The molecule has 0 radical (unpaired) electrons. The third kappa shape index (κ3) is 5.90. The summed E-state index contributed by atoms with van der Waals surface area (Å²) >= 11 is 2.37.